The number of rotatable bonds is 8. The molecule has 154 valence electrons. The van der Waals surface area contributed by atoms with E-state index < -0.39 is 0 Å². The molecule has 0 fully saturated rings. The van der Waals surface area contributed by atoms with Crippen LogP contribution in [0.3, 0.4) is 0 Å². The van der Waals surface area contributed by atoms with Crippen molar-refractivity contribution in [1.29, 1.82) is 5.26 Å². The Morgan fingerprint density at radius 3 is 2.80 bits per heavy atom. The fourth-order valence-corrected chi connectivity index (χ4v) is 4.21. The zero-order valence-electron chi connectivity index (χ0n) is 15.9. The first-order valence-corrected chi connectivity index (χ1v) is 10.9. The minimum atomic E-state index is -0.218. The number of halogens is 2. The molecule has 0 aliphatic carbocycles. The van der Waals surface area contributed by atoms with Gasteiger partial charge in [0.1, 0.15) is 0 Å². The monoisotopic (exact) mass is 460 g/mol. The Kier molecular flexibility index (Phi) is 7.75. The van der Waals surface area contributed by atoms with Gasteiger partial charge in [0.05, 0.1) is 29.1 Å². The zero-order chi connectivity index (χ0) is 21.5. The van der Waals surface area contributed by atoms with Crippen LogP contribution < -0.4 is 10.9 Å². The summed E-state index contributed by atoms with van der Waals surface area (Å²) in [6, 6.07) is 14.3. The van der Waals surface area contributed by atoms with Gasteiger partial charge in [-0.1, -0.05) is 53.2 Å². The highest BCUT2D eigenvalue weighted by Crippen LogP contribution is 2.23. The van der Waals surface area contributed by atoms with Crippen LogP contribution in [0.5, 0.6) is 0 Å². The standard InChI is InChI=1S/C21H18Cl2N4O2S/c22-15-7-6-14(17(23)12-15)8-11-27-20(29)16-4-1-2-5-18(16)26-21(27)30-13-19(28)25-10-3-9-24/h1-2,4-7,12H,3,8,10-11,13H2,(H,25,28). The predicted molar refractivity (Wildman–Crippen MR) is 120 cm³/mol. The largest absolute Gasteiger partial charge is 0.354 e. The van der Waals surface area contributed by atoms with Crippen LogP contribution >= 0.6 is 35.0 Å². The van der Waals surface area contributed by atoms with Gasteiger partial charge in [-0.25, -0.2) is 4.98 Å². The number of benzene rings is 2. The molecule has 0 radical (unpaired) electrons. The van der Waals surface area contributed by atoms with Crippen molar-refractivity contribution in [3.63, 3.8) is 0 Å². The third kappa shape index (κ3) is 5.54. The van der Waals surface area contributed by atoms with Crippen LogP contribution in [0.2, 0.25) is 10.0 Å². The average Bonchev–Trinajstić information content (AvgIpc) is 2.73. The minimum absolute atomic E-state index is 0.0951. The zero-order valence-corrected chi connectivity index (χ0v) is 18.2. The van der Waals surface area contributed by atoms with E-state index in [0.29, 0.717) is 45.6 Å². The quantitative estimate of drug-likeness (QED) is 0.311. The van der Waals surface area contributed by atoms with E-state index in [9.17, 15) is 9.59 Å². The molecule has 3 rings (SSSR count). The second kappa shape index (κ2) is 10.5. The highest BCUT2D eigenvalue weighted by Gasteiger charge is 2.14. The lowest BCUT2D eigenvalue weighted by atomic mass is 10.1. The fraction of sp³-hybridized carbons (Fsp3) is 0.238. The molecule has 0 saturated carbocycles. The lowest BCUT2D eigenvalue weighted by Crippen LogP contribution is -2.28. The van der Waals surface area contributed by atoms with Crippen molar-refractivity contribution in [1.82, 2.24) is 14.9 Å². The highest BCUT2D eigenvalue weighted by atomic mass is 35.5. The summed E-state index contributed by atoms with van der Waals surface area (Å²) in [5, 5.41) is 13.3. The fourth-order valence-electron chi connectivity index (χ4n) is 2.85. The van der Waals surface area contributed by atoms with Gasteiger partial charge in [-0.3, -0.25) is 14.2 Å². The van der Waals surface area contributed by atoms with Crippen LogP contribution in [-0.2, 0) is 17.8 Å². The van der Waals surface area contributed by atoms with E-state index in [1.165, 1.54) is 11.8 Å². The van der Waals surface area contributed by atoms with E-state index in [2.05, 4.69) is 10.3 Å². The Bertz CT molecular complexity index is 1170. The van der Waals surface area contributed by atoms with Crippen molar-refractivity contribution in [2.75, 3.05) is 12.3 Å². The normalized spacial score (nSPS) is 10.7. The first kappa shape index (κ1) is 22.2. The smallest absolute Gasteiger partial charge is 0.262 e. The van der Waals surface area contributed by atoms with Gasteiger partial charge in [0, 0.05) is 23.1 Å². The Labute approximate surface area is 187 Å². The van der Waals surface area contributed by atoms with E-state index in [-0.39, 0.29) is 23.6 Å². The highest BCUT2D eigenvalue weighted by molar-refractivity contribution is 7.99. The Morgan fingerprint density at radius 1 is 1.23 bits per heavy atom. The third-order valence-electron chi connectivity index (χ3n) is 4.34. The first-order valence-electron chi connectivity index (χ1n) is 9.19. The van der Waals surface area contributed by atoms with Crippen molar-refractivity contribution < 1.29 is 4.79 Å². The number of nitrogens with zero attached hydrogens (tertiary/aromatic N) is 3. The first-order chi connectivity index (χ1) is 14.5. The number of aromatic nitrogens is 2. The Hall–Kier alpha value is -2.53. The van der Waals surface area contributed by atoms with Gasteiger partial charge in [-0.15, -0.1) is 0 Å². The number of fused-ring (bicyclic) bond motifs is 1. The van der Waals surface area contributed by atoms with Crippen LogP contribution in [0, 0.1) is 11.3 Å². The molecule has 0 atom stereocenters. The minimum Gasteiger partial charge on any atom is -0.354 e. The van der Waals surface area contributed by atoms with Crippen molar-refractivity contribution in [2.45, 2.75) is 24.5 Å². The van der Waals surface area contributed by atoms with Gasteiger partial charge in [0.2, 0.25) is 5.91 Å². The number of para-hydroxylation sites is 1. The molecule has 1 aromatic heterocycles. The van der Waals surface area contributed by atoms with Crippen LogP contribution in [0.25, 0.3) is 10.9 Å². The molecule has 1 amide bonds. The molecular weight excluding hydrogens is 443 g/mol. The van der Waals surface area contributed by atoms with Gasteiger partial charge in [0.25, 0.3) is 5.56 Å². The van der Waals surface area contributed by atoms with Gasteiger partial charge in [-0.05, 0) is 36.2 Å². The second-order valence-corrected chi connectivity index (χ2v) is 8.19. The number of nitriles is 1. The number of aryl methyl sites for hydroxylation is 1. The lowest BCUT2D eigenvalue weighted by Gasteiger charge is -2.14. The summed E-state index contributed by atoms with van der Waals surface area (Å²) >= 11 is 13.4. The number of amides is 1. The maximum Gasteiger partial charge on any atom is 0.262 e. The summed E-state index contributed by atoms with van der Waals surface area (Å²) in [5.41, 5.74) is 1.28. The van der Waals surface area contributed by atoms with Crippen LogP contribution in [0.4, 0.5) is 0 Å². The van der Waals surface area contributed by atoms with E-state index in [4.69, 9.17) is 28.5 Å². The molecule has 0 aliphatic rings. The predicted octanol–water partition coefficient (Wildman–Crippen LogP) is 4.07. The third-order valence-corrected chi connectivity index (χ3v) is 5.90. The molecule has 0 saturated heterocycles. The number of hydrogen-bond donors (Lipinski definition) is 1. The maximum absolute atomic E-state index is 13.1. The molecule has 2 aromatic carbocycles. The van der Waals surface area contributed by atoms with Gasteiger partial charge in [-0.2, -0.15) is 5.26 Å². The van der Waals surface area contributed by atoms with Crippen molar-refractivity contribution in [2.24, 2.45) is 0 Å². The van der Waals surface area contributed by atoms with Gasteiger partial charge >= 0.3 is 0 Å². The maximum atomic E-state index is 13.1. The van der Waals surface area contributed by atoms with Crippen molar-refractivity contribution >= 4 is 51.8 Å². The lowest BCUT2D eigenvalue weighted by molar-refractivity contribution is -0.118. The average molecular weight is 461 g/mol. The van der Waals surface area contributed by atoms with Crippen LogP contribution in [0.15, 0.2) is 52.4 Å². The molecule has 3 aromatic rings. The molecule has 9 heteroatoms. The summed E-state index contributed by atoms with van der Waals surface area (Å²) in [6.45, 7) is 0.652. The topological polar surface area (TPSA) is 87.8 Å². The molecule has 30 heavy (non-hydrogen) atoms. The van der Waals surface area contributed by atoms with Gasteiger partial charge in [0.15, 0.2) is 5.16 Å². The molecule has 1 N–H and O–H groups in total. The summed E-state index contributed by atoms with van der Waals surface area (Å²) < 4.78 is 1.57. The number of carbonyl (C=O) groups excluding carboxylic acids is 1. The van der Waals surface area contributed by atoms with Crippen LogP contribution in [0.1, 0.15) is 12.0 Å². The molecule has 1 heterocycles. The summed E-state index contributed by atoms with van der Waals surface area (Å²) in [6.07, 6.45) is 0.759. The summed E-state index contributed by atoms with van der Waals surface area (Å²) in [7, 11) is 0. The van der Waals surface area contributed by atoms with Gasteiger partial charge < -0.3 is 5.32 Å². The molecule has 0 spiro atoms. The molecule has 0 unspecified atom stereocenters. The van der Waals surface area contributed by atoms with E-state index in [1.807, 2.05) is 18.2 Å². The number of nitrogens with one attached hydrogen (secondary N) is 1. The van der Waals surface area contributed by atoms with E-state index >= 15 is 0 Å². The number of hydrogen-bond acceptors (Lipinski definition) is 5. The second-order valence-electron chi connectivity index (χ2n) is 6.40. The summed E-state index contributed by atoms with van der Waals surface area (Å²) in [4.78, 5) is 29.7. The molecule has 0 bridgehead atoms. The van der Waals surface area contributed by atoms with E-state index in [0.717, 1.165) is 5.56 Å². The number of carbonyl (C=O) groups is 1. The molecule has 6 nitrogen and oxygen atoms in total. The Balaban J connectivity index is 1.86. The molecule has 0 aliphatic heterocycles. The number of thioether (sulfide) groups is 1. The molecular formula is C21H18Cl2N4O2S. The summed E-state index contributed by atoms with van der Waals surface area (Å²) in [5.74, 6) is -0.122. The van der Waals surface area contributed by atoms with E-state index in [1.54, 1.807) is 34.9 Å². The van der Waals surface area contributed by atoms with Crippen molar-refractivity contribution in [3.8, 4) is 6.07 Å². The van der Waals surface area contributed by atoms with Crippen LogP contribution in [-0.4, -0.2) is 27.8 Å². The SMILES string of the molecule is N#CCCNC(=O)CSc1nc2ccccc2c(=O)n1CCc1ccc(Cl)cc1Cl. The Morgan fingerprint density at radius 2 is 2.03 bits per heavy atom. The van der Waals surface area contributed by atoms with Crippen molar-refractivity contribution in [3.05, 3.63) is 68.4 Å².